The van der Waals surface area contributed by atoms with E-state index in [-0.39, 0.29) is 17.9 Å². The van der Waals surface area contributed by atoms with Gasteiger partial charge in [0.15, 0.2) is 5.76 Å². The van der Waals surface area contributed by atoms with Crippen LogP contribution in [-0.4, -0.2) is 5.91 Å². The zero-order valence-corrected chi connectivity index (χ0v) is 8.74. The summed E-state index contributed by atoms with van der Waals surface area (Å²) in [4.78, 5) is 11.5. The van der Waals surface area contributed by atoms with Crippen LogP contribution in [-0.2, 0) is 6.54 Å². The van der Waals surface area contributed by atoms with Crippen molar-refractivity contribution in [2.75, 3.05) is 0 Å². The Hall–Kier alpha value is -2.17. The van der Waals surface area contributed by atoms with Gasteiger partial charge in [-0.3, -0.25) is 4.79 Å². The molecule has 17 heavy (non-hydrogen) atoms. The van der Waals surface area contributed by atoms with Gasteiger partial charge in [-0.1, -0.05) is 0 Å². The molecule has 1 aromatic carbocycles. The molecule has 0 aliphatic carbocycles. The Morgan fingerprint density at radius 3 is 2.82 bits per heavy atom. The number of furan rings is 1. The summed E-state index contributed by atoms with van der Waals surface area (Å²) in [6.07, 6.45) is 1.36. The first-order valence-corrected chi connectivity index (χ1v) is 4.92. The molecule has 1 heterocycles. The number of halogens is 2. The minimum Gasteiger partial charge on any atom is -0.459 e. The second kappa shape index (κ2) is 4.78. The fourth-order valence-electron chi connectivity index (χ4n) is 1.35. The fourth-order valence-corrected chi connectivity index (χ4v) is 1.35. The Balaban J connectivity index is 2.03. The quantitative estimate of drug-likeness (QED) is 0.891. The highest BCUT2D eigenvalue weighted by Crippen LogP contribution is 2.09. The van der Waals surface area contributed by atoms with Crippen LogP contribution in [0, 0.1) is 11.6 Å². The van der Waals surface area contributed by atoms with Crippen molar-refractivity contribution in [1.82, 2.24) is 5.32 Å². The first-order chi connectivity index (χ1) is 8.16. The van der Waals surface area contributed by atoms with Gasteiger partial charge in [-0.25, -0.2) is 8.78 Å². The summed E-state index contributed by atoms with van der Waals surface area (Å²) in [6, 6.07) is 6.13. The van der Waals surface area contributed by atoms with Gasteiger partial charge in [0.1, 0.15) is 11.6 Å². The first-order valence-electron chi connectivity index (χ1n) is 4.92. The van der Waals surface area contributed by atoms with E-state index in [1.165, 1.54) is 12.3 Å². The highest BCUT2D eigenvalue weighted by atomic mass is 19.1. The van der Waals surface area contributed by atoms with Crippen LogP contribution >= 0.6 is 0 Å². The maximum absolute atomic E-state index is 13.2. The molecule has 0 spiro atoms. The molecular weight excluding hydrogens is 228 g/mol. The first kappa shape index (κ1) is 11.3. The van der Waals surface area contributed by atoms with Crippen molar-refractivity contribution in [3.8, 4) is 0 Å². The summed E-state index contributed by atoms with van der Waals surface area (Å²) < 4.78 is 30.9. The standard InChI is InChI=1S/C12H9F2NO2/c13-9-3-4-10(14)8(6-9)7-15-12(16)11-2-1-5-17-11/h1-6H,7H2,(H,15,16). The van der Waals surface area contributed by atoms with Crippen molar-refractivity contribution in [2.45, 2.75) is 6.54 Å². The molecule has 0 fully saturated rings. The van der Waals surface area contributed by atoms with E-state index in [4.69, 9.17) is 4.42 Å². The van der Waals surface area contributed by atoms with E-state index >= 15 is 0 Å². The lowest BCUT2D eigenvalue weighted by atomic mass is 10.2. The van der Waals surface area contributed by atoms with Crippen LogP contribution in [0.2, 0.25) is 0 Å². The van der Waals surface area contributed by atoms with E-state index in [1.54, 1.807) is 6.07 Å². The lowest BCUT2D eigenvalue weighted by molar-refractivity contribution is 0.0923. The third kappa shape index (κ3) is 2.69. The van der Waals surface area contributed by atoms with Crippen LogP contribution in [0.15, 0.2) is 41.0 Å². The van der Waals surface area contributed by atoms with Gasteiger partial charge in [-0.05, 0) is 30.3 Å². The van der Waals surface area contributed by atoms with Gasteiger partial charge >= 0.3 is 0 Å². The van der Waals surface area contributed by atoms with E-state index in [0.717, 1.165) is 18.2 Å². The monoisotopic (exact) mass is 237 g/mol. The van der Waals surface area contributed by atoms with Crippen LogP contribution in [0.25, 0.3) is 0 Å². The molecular formula is C12H9F2NO2. The highest BCUT2D eigenvalue weighted by molar-refractivity contribution is 5.91. The van der Waals surface area contributed by atoms with Crippen molar-refractivity contribution in [2.24, 2.45) is 0 Å². The number of nitrogens with one attached hydrogen (secondary N) is 1. The third-order valence-electron chi connectivity index (χ3n) is 2.19. The van der Waals surface area contributed by atoms with Gasteiger partial charge in [0.25, 0.3) is 5.91 Å². The van der Waals surface area contributed by atoms with Gasteiger partial charge < -0.3 is 9.73 Å². The molecule has 5 heteroatoms. The SMILES string of the molecule is O=C(NCc1cc(F)ccc1F)c1ccco1. The molecule has 2 rings (SSSR count). The van der Waals surface area contributed by atoms with E-state index in [1.807, 2.05) is 0 Å². The van der Waals surface area contributed by atoms with E-state index < -0.39 is 17.5 Å². The van der Waals surface area contributed by atoms with Crippen LogP contribution < -0.4 is 5.32 Å². The van der Waals surface area contributed by atoms with Gasteiger partial charge in [-0.15, -0.1) is 0 Å². The number of hydrogen-bond acceptors (Lipinski definition) is 2. The topological polar surface area (TPSA) is 42.2 Å². The Morgan fingerprint density at radius 2 is 2.12 bits per heavy atom. The van der Waals surface area contributed by atoms with Crippen LogP contribution in [0.5, 0.6) is 0 Å². The van der Waals surface area contributed by atoms with Gasteiger partial charge in [0, 0.05) is 12.1 Å². The van der Waals surface area contributed by atoms with E-state index in [2.05, 4.69) is 5.32 Å². The van der Waals surface area contributed by atoms with Crippen LogP contribution in [0.4, 0.5) is 8.78 Å². The molecule has 2 aromatic rings. The number of carbonyl (C=O) groups is 1. The average Bonchev–Trinajstić information content (AvgIpc) is 2.83. The summed E-state index contributed by atoms with van der Waals surface area (Å²) in [6.45, 7) is -0.0941. The molecule has 0 unspecified atom stereocenters. The molecule has 0 radical (unpaired) electrons. The molecule has 0 saturated heterocycles. The normalized spacial score (nSPS) is 10.2. The Kier molecular flexibility index (Phi) is 3.18. The molecule has 1 amide bonds. The van der Waals surface area contributed by atoms with Crippen molar-refractivity contribution < 1.29 is 18.0 Å². The molecule has 0 aliphatic rings. The Bertz CT molecular complexity index is 523. The van der Waals surface area contributed by atoms with Gasteiger partial charge in [-0.2, -0.15) is 0 Å². The third-order valence-corrected chi connectivity index (χ3v) is 2.19. The average molecular weight is 237 g/mol. The summed E-state index contributed by atoms with van der Waals surface area (Å²) in [5, 5.41) is 2.43. The lowest BCUT2D eigenvalue weighted by Crippen LogP contribution is -2.22. The number of rotatable bonds is 3. The summed E-state index contributed by atoms with van der Waals surface area (Å²) >= 11 is 0. The molecule has 1 N–H and O–H groups in total. The predicted molar refractivity (Wildman–Crippen MR) is 56.2 cm³/mol. The molecule has 3 nitrogen and oxygen atoms in total. The van der Waals surface area contributed by atoms with Crippen molar-refractivity contribution in [3.63, 3.8) is 0 Å². The maximum atomic E-state index is 13.2. The Morgan fingerprint density at radius 1 is 1.29 bits per heavy atom. The predicted octanol–water partition coefficient (Wildman–Crippen LogP) is 2.49. The van der Waals surface area contributed by atoms with Crippen molar-refractivity contribution >= 4 is 5.91 Å². The molecule has 0 aliphatic heterocycles. The van der Waals surface area contributed by atoms with Gasteiger partial charge in [0.2, 0.25) is 0 Å². The maximum Gasteiger partial charge on any atom is 0.287 e. The molecule has 0 bridgehead atoms. The Labute approximate surface area is 96.1 Å². The number of hydrogen-bond donors (Lipinski definition) is 1. The molecule has 88 valence electrons. The second-order valence-corrected chi connectivity index (χ2v) is 3.40. The smallest absolute Gasteiger partial charge is 0.287 e. The van der Waals surface area contributed by atoms with Gasteiger partial charge in [0.05, 0.1) is 6.26 Å². The summed E-state index contributed by atoms with van der Waals surface area (Å²) in [7, 11) is 0. The van der Waals surface area contributed by atoms with E-state index in [9.17, 15) is 13.6 Å². The minimum absolute atomic E-state index is 0.0879. The van der Waals surface area contributed by atoms with Crippen LogP contribution in [0.3, 0.4) is 0 Å². The number of carbonyl (C=O) groups excluding carboxylic acids is 1. The zero-order valence-electron chi connectivity index (χ0n) is 8.74. The second-order valence-electron chi connectivity index (χ2n) is 3.40. The lowest BCUT2D eigenvalue weighted by Gasteiger charge is -2.04. The summed E-state index contributed by atoms with van der Waals surface area (Å²) in [5.41, 5.74) is 0.0879. The zero-order chi connectivity index (χ0) is 12.3. The van der Waals surface area contributed by atoms with Crippen molar-refractivity contribution in [3.05, 3.63) is 59.6 Å². The molecule has 0 atom stereocenters. The summed E-state index contributed by atoms with van der Waals surface area (Å²) in [5.74, 6) is -1.46. The minimum atomic E-state index is -0.564. The highest BCUT2D eigenvalue weighted by Gasteiger charge is 2.09. The van der Waals surface area contributed by atoms with E-state index in [0.29, 0.717) is 0 Å². The largest absolute Gasteiger partial charge is 0.459 e. The molecule has 0 saturated carbocycles. The molecule has 1 aromatic heterocycles. The number of benzene rings is 1. The fraction of sp³-hybridized carbons (Fsp3) is 0.0833. The number of amides is 1. The van der Waals surface area contributed by atoms with Crippen LogP contribution in [0.1, 0.15) is 16.1 Å². The van der Waals surface area contributed by atoms with Crippen molar-refractivity contribution in [1.29, 1.82) is 0 Å².